The lowest BCUT2D eigenvalue weighted by Gasteiger charge is -2.16. The second kappa shape index (κ2) is 6.27. The molecule has 0 radical (unpaired) electrons. The Morgan fingerprint density at radius 2 is 1.67 bits per heavy atom. The molecule has 0 aliphatic heterocycles. The maximum absolute atomic E-state index is 6.55. The van der Waals surface area contributed by atoms with E-state index in [0.29, 0.717) is 19.1 Å². The second-order valence-corrected chi connectivity index (χ2v) is 6.29. The van der Waals surface area contributed by atoms with Crippen LogP contribution < -0.4 is 15.2 Å². The number of rotatable bonds is 6. The molecular formula is C18H27NO2. The van der Waals surface area contributed by atoms with Crippen molar-refractivity contribution in [1.29, 1.82) is 0 Å². The van der Waals surface area contributed by atoms with Crippen LogP contribution >= 0.6 is 0 Å². The van der Waals surface area contributed by atoms with E-state index in [1.165, 1.54) is 31.2 Å². The van der Waals surface area contributed by atoms with Gasteiger partial charge in [-0.15, -0.1) is 0 Å². The van der Waals surface area contributed by atoms with Gasteiger partial charge in [-0.2, -0.15) is 0 Å². The number of fused-ring (bicyclic) bond motifs is 1. The molecule has 0 heterocycles. The second-order valence-electron chi connectivity index (χ2n) is 6.29. The van der Waals surface area contributed by atoms with Gasteiger partial charge in [0.1, 0.15) is 0 Å². The topological polar surface area (TPSA) is 44.5 Å². The van der Waals surface area contributed by atoms with Gasteiger partial charge in [-0.05, 0) is 62.1 Å². The summed E-state index contributed by atoms with van der Waals surface area (Å²) >= 11 is 0. The van der Waals surface area contributed by atoms with Crippen molar-refractivity contribution in [3.8, 4) is 11.5 Å². The van der Waals surface area contributed by atoms with E-state index in [2.05, 4.69) is 12.1 Å². The molecule has 21 heavy (non-hydrogen) atoms. The van der Waals surface area contributed by atoms with Crippen molar-refractivity contribution in [1.82, 2.24) is 0 Å². The summed E-state index contributed by atoms with van der Waals surface area (Å²) in [5.41, 5.74) is 7.75. The van der Waals surface area contributed by atoms with Crippen LogP contribution in [0.2, 0.25) is 0 Å². The zero-order valence-corrected chi connectivity index (χ0v) is 13.2. The highest BCUT2D eigenvalue weighted by Crippen LogP contribution is 2.59. The summed E-state index contributed by atoms with van der Waals surface area (Å²) in [6.07, 6.45) is 5.52. The normalized spacial score (nSPS) is 28.6. The molecule has 2 aliphatic rings. The van der Waals surface area contributed by atoms with Crippen LogP contribution in [0.3, 0.4) is 0 Å². The monoisotopic (exact) mass is 289 g/mol. The molecule has 3 heteroatoms. The van der Waals surface area contributed by atoms with Crippen LogP contribution in [0.25, 0.3) is 0 Å². The van der Waals surface area contributed by atoms with Crippen LogP contribution in [-0.2, 0) is 0 Å². The Hall–Kier alpha value is -1.22. The Morgan fingerprint density at radius 1 is 1.05 bits per heavy atom. The number of ether oxygens (including phenoxy) is 2. The number of benzene rings is 1. The first-order valence-electron chi connectivity index (χ1n) is 8.41. The third kappa shape index (κ3) is 2.89. The Morgan fingerprint density at radius 3 is 2.29 bits per heavy atom. The number of nitrogens with two attached hydrogens (primary N) is 1. The van der Waals surface area contributed by atoms with Gasteiger partial charge in [-0.3, -0.25) is 0 Å². The van der Waals surface area contributed by atoms with E-state index in [1.807, 2.05) is 19.9 Å². The van der Waals surface area contributed by atoms with Gasteiger partial charge >= 0.3 is 0 Å². The molecule has 3 nitrogen and oxygen atoms in total. The summed E-state index contributed by atoms with van der Waals surface area (Å²) in [5.74, 6) is 4.08. The average molecular weight is 289 g/mol. The van der Waals surface area contributed by atoms with E-state index in [9.17, 15) is 0 Å². The quantitative estimate of drug-likeness (QED) is 0.863. The van der Waals surface area contributed by atoms with Crippen LogP contribution in [0.1, 0.15) is 51.1 Å². The van der Waals surface area contributed by atoms with Crippen molar-refractivity contribution in [3.05, 3.63) is 23.8 Å². The van der Waals surface area contributed by atoms with Gasteiger partial charge in [0, 0.05) is 6.04 Å². The lowest BCUT2D eigenvalue weighted by atomic mass is 10.0. The first-order chi connectivity index (χ1) is 10.3. The van der Waals surface area contributed by atoms with Crippen LogP contribution in [0, 0.1) is 17.8 Å². The van der Waals surface area contributed by atoms with E-state index in [0.717, 1.165) is 23.3 Å². The Balaban J connectivity index is 1.76. The highest BCUT2D eigenvalue weighted by molar-refractivity contribution is 5.44. The Bertz CT molecular complexity index is 476. The van der Waals surface area contributed by atoms with E-state index in [1.54, 1.807) is 0 Å². The van der Waals surface area contributed by atoms with Crippen molar-refractivity contribution >= 4 is 0 Å². The fourth-order valence-corrected chi connectivity index (χ4v) is 4.08. The third-order valence-electron chi connectivity index (χ3n) is 5.09. The van der Waals surface area contributed by atoms with E-state index in [4.69, 9.17) is 15.2 Å². The maximum atomic E-state index is 6.55. The fourth-order valence-electron chi connectivity index (χ4n) is 4.08. The predicted molar refractivity (Wildman–Crippen MR) is 84.6 cm³/mol. The molecule has 3 atom stereocenters. The van der Waals surface area contributed by atoms with Gasteiger partial charge < -0.3 is 15.2 Å². The maximum Gasteiger partial charge on any atom is 0.161 e. The third-order valence-corrected chi connectivity index (χ3v) is 5.09. The average Bonchev–Trinajstić information content (AvgIpc) is 3.23. The minimum absolute atomic E-state index is 0.146. The summed E-state index contributed by atoms with van der Waals surface area (Å²) in [6.45, 7) is 5.29. The molecule has 2 fully saturated rings. The highest BCUT2D eigenvalue weighted by atomic mass is 16.5. The number of hydrogen-bond donors (Lipinski definition) is 1. The van der Waals surface area contributed by atoms with Crippen LogP contribution in [0.4, 0.5) is 0 Å². The molecule has 2 N–H and O–H groups in total. The standard InChI is InChI=1S/C18H27NO2/c1-3-20-15-10-9-12(11-16(15)21-4-2)18(19)17-13-7-5-6-8-14(13)17/h9-11,13-14,17-18H,3-8,19H2,1-2H3. The molecule has 0 spiro atoms. The van der Waals surface area contributed by atoms with Gasteiger partial charge in [0.15, 0.2) is 11.5 Å². The van der Waals surface area contributed by atoms with Gasteiger partial charge in [0.25, 0.3) is 0 Å². The summed E-state index contributed by atoms with van der Waals surface area (Å²) in [7, 11) is 0. The van der Waals surface area contributed by atoms with Crippen molar-refractivity contribution in [2.45, 2.75) is 45.6 Å². The van der Waals surface area contributed by atoms with Crippen molar-refractivity contribution in [2.24, 2.45) is 23.5 Å². The van der Waals surface area contributed by atoms with Gasteiger partial charge in [-0.1, -0.05) is 18.9 Å². The summed E-state index contributed by atoms with van der Waals surface area (Å²) < 4.78 is 11.3. The molecule has 2 aliphatic carbocycles. The molecule has 3 rings (SSSR count). The lowest BCUT2D eigenvalue weighted by molar-refractivity contribution is 0.287. The zero-order chi connectivity index (χ0) is 14.8. The first kappa shape index (κ1) is 14.7. The van der Waals surface area contributed by atoms with Crippen LogP contribution in [0.5, 0.6) is 11.5 Å². The molecule has 0 saturated heterocycles. The van der Waals surface area contributed by atoms with E-state index >= 15 is 0 Å². The highest BCUT2D eigenvalue weighted by Gasteiger charge is 2.53. The van der Waals surface area contributed by atoms with Crippen molar-refractivity contribution in [3.63, 3.8) is 0 Å². The fraction of sp³-hybridized carbons (Fsp3) is 0.667. The molecule has 0 bridgehead atoms. The first-order valence-corrected chi connectivity index (χ1v) is 8.41. The molecular weight excluding hydrogens is 262 g/mol. The molecule has 2 saturated carbocycles. The Kier molecular flexibility index (Phi) is 4.39. The molecule has 1 aromatic rings. The number of hydrogen-bond acceptors (Lipinski definition) is 3. The van der Waals surface area contributed by atoms with Crippen molar-refractivity contribution in [2.75, 3.05) is 13.2 Å². The Labute approximate surface area is 127 Å². The SMILES string of the molecule is CCOc1ccc(C(N)C2C3CCCCC32)cc1OCC. The summed E-state index contributed by atoms with van der Waals surface area (Å²) in [5, 5.41) is 0. The van der Waals surface area contributed by atoms with Crippen LogP contribution in [-0.4, -0.2) is 13.2 Å². The predicted octanol–water partition coefficient (Wildman–Crippen LogP) is 3.92. The smallest absolute Gasteiger partial charge is 0.161 e. The van der Waals surface area contributed by atoms with Gasteiger partial charge in [0.2, 0.25) is 0 Å². The zero-order valence-electron chi connectivity index (χ0n) is 13.2. The van der Waals surface area contributed by atoms with Crippen molar-refractivity contribution < 1.29 is 9.47 Å². The van der Waals surface area contributed by atoms with Gasteiger partial charge in [0.05, 0.1) is 13.2 Å². The molecule has 0 aromatic heterocycles. The van der Waals surface area contributed by atoms with Crippen LogP contribution in [0.15, 0.2) is 18.2 Å². The summed E-state index contributed by atoms with van der Waals surface area (Å²) in [4.78, 5) is 0. The molecule has 3 unspecified atom stereocenters. The molecule has 116 valence electrons. The minimum Gasteiger partial charge on any atom is -0.490 e. The largest absolute Gasteiger partial charge is 0.490 e. The summed E-state index contributed by atoms with van der Waals surface area (Å²) in [6, 6.07) is 6.36. The van der Waals surface area contributed by atoms with Gasteiger partial charge in [-0.25, -0.2) is 0 Å². The minimum atomic E-state index is 0.146. The molecule has 0 amide bonds. The lowest BCUT2D eigenvalue weighted by Crippen LogP contribution is -2.14. The molecule has 1 aromatic carbocycles. The van der Waals surface area contributed by atoms with E-state index in [-0.39, 0.29) is 6.04 Å². The van der Waals surface area contributed by atoms with E-state index < -0.39 is 0 Å².